The Morgan fingerprint density at radius 2 is 2.19 bits per heavy atom. The zero-order chi connectivity index (χ0) is 14.7. The molecule has 0 radical (unpaired) electrons. The van der Waals surface area contributed by atoms with Gasteiger partial charge in [0, 0.05) is 18.1 Å². The van der Waals surface area contributed by atoms with Crippen molar-refractivity contribution in [3.63, 3.8) is 0 Å². The third-order valence-corrected chi connectivity index (χ3v) is 3.31. The van der Waals surface area contributed by atoms with Crippen molar-refractivity contribution in [2.24, 2.45) is 0 Å². The minimum Gasteiger partial charge on any atom is -0.349 e. The Morgan fingerprint density at radius 1 is 1.33 bits per heavy atom. The van der Waals surface area contributed by atoms with Gasteiger partial charge < -0.3 is 5.32 Å². The molecule has 0 spiro atoms. The molecule has 6 nitrogen and oxygen atoms in total. The highest BCUT2D eigenvalue weighted by atomic mass is 35.5. The van der Waals surface area contributed by atoms with Crippen molar-refractivity contribution in [1.29, 1.82) is 0 Å². The first-order valence-corrected chi connectivity index (χ1v) is 6.79. The van der Waals surface area contributed by atoms with Crippen molar-refractivity contribution in [3.8, 4) is 0 Å². The highest BCUT2D eigenvalue weighted by molar-refractivity contribution is 6.35. The van der Waals surface area contributed by atoms with Crippen LogP contribution < -0.4 is 5.32 Å². The smallest absolute Gasteiger partial charge is 0.270 e. The number of para-hydroxylation sites is 1. The number of carbonyl (C=O) groups is 1. The summed E-state index contributed by atoms with van der Waals surface area (Å²) < 4.78 is 1.64. The first-order valence-electron chi connectivity index (χ1n) is 6.41. The quantitative estimate of drug-likeness (QED) is 0.799. The second-order valence-corrected chi connectivity index (χ2v) is 4.84. The first-order chi connectivity index (χ1) is 10.2. The van der Waals surface area contributed by atoms with Gasteiger partial charge in [-0.2, -0.15) is 0 Å². The molecule has 0 saturated carbocycles. The molecule has 0 saturated heterocycles. The molecular formula is C14H12ClN5O. The Morgan fingerprint density at radius 3 is 3.00 bits per heavy atom. The number of nitrogens with zero attached hydrogens (tertiary/aromatic N) is 4. The average Bonchev–Trinajstić information content (AvgIpc) is 3.00. The van der Waals surface area contributed by atoms with Crippen LogP contribution in [0.2, 0.25) is 5.02 Å². The lowest BCUT2D eigenvalue weighted by Crippen LogP contribution is -2.28. The molecule has 2 heterocycles. The third kappa shape index (κ3) is 3.00. The Bertz CT molecular complexity index is 772. The standard InChI is InChI=1S/C14H12ClN5O/c15-11-9-13(18-12-4-2-1-3-10(11)12)14(21)16-5-7-20-8-6-17-19-20/h1-4,6,8-9H,5,7H2,(H,16,21). The second-order valence-electron chi connectivity index (χ2n) is 4.43. The van der Waals surface area contributed by atoms with Crippen molar-refractivity contribution < 1.29 is 4.79 Å². The van der Waals surface area contributed by atoms with E-state index < -0.39 is 0 Å². The number of hydrogen-bond donors (Lipinski definition) is 1. The zero-order valence-corrected chi connectivity index (χ0v) is 11.8. The van der Waals surface area contributed by atoms with Gasteiger partial charge in [0.2, 0.25) is 0 Å². The fourth-order valence-electron chi connectivity index (χ4n) is 1.98. The van der Waals surface area contributed by atoms with Crippen molar-refractivity contribution in [2.45, 2.75) is 6.54 Å². The number of amides is 1. The zero-order valence-electron chi connectivity index (χ0n) is 11.0. The highest BCUT2D eigenvalue weighted by Crippen LogP contribution is 2.22. The van der Waals surface area contributed by atoms with Gasteiger partial charge in [-0.3, -0.25) is 9.48 Å². The van der Waals surface area contributed by atoms with Gasteiger partial charge in [0.25, 0.3) is 5.91 Å². The van der Waals surface area contributed by atoms with Crippen LogP contribution in [0.15, 0.2) is 42.7 Å². The molecule has 2 aromatic heterocycles. The van der Waals surface area contributed by atoms with Crippen LogP contribution in [0.4, 0.5) is 0 Å². The number of carbonyl (C=O) groups excluding carboxylic acids is 1. The molecule has 0 atom stereocenters. The Labute approximate surface area is 125 Å². The van der Waals surface area contributed by atoms with Crippen molar-refractivity contribution in [2.75, 3.05) is 6.54 Å². The molecule has 3 aromatic rings. The van der Waals surface area contributed by atoms with E-state index >= 15 is 0 Å². The summed E-state index contributed by atoms with van der Waals surface area (Å²) in [5.41, 5.74) is 1.00. The number of aromatic nitrogens is 4. The number of rotatable bonds is 4. The summed E-state index contributed by atoms with van der Waals surface area (Å²) in [6, 6.07) is 9.02. The molecule has 0 aliphatic carbocycles. The molecular weight excluding hydrogens is 290 g/mol. The van der Waals surface area contributed by atoms with Crippen LogP contribution >= 0.6 is 11.6 Å². The summed E-state index contributed by atoms with van der Waals surface area (Å²) in [4.78, 5) is 16.4. The van der Waals surface area contributed by atoms with Gasteiger partial charge in [0.05, 0.1) is 23.3 Å². The SMILES string of the molecule is O=C(NCCn1ccnn1)c1cc(Cl)c2ccccc2n1. The lowest BCUT2D eigenvalue weighted by atomic mass is 10.2. The topological polar surface area (TPSA) is 72.7 Å². The fourth-order valence-corrected chi connectivity index (χ4v) is 2.24. The number of benzene rings is 1. The van der Waals surface area contributed by atoms with Crippen LogP contribution in [0.1, 0.15) is 10.5 Å². The minimum absolute atomic E-state index is 0.261. The molecule has 106 valence electrons. The first kappa shape index (κ1) is 13.5. The normalized spacial score (nSPS) is 10.7. The molecule has 7 heteroatoms. The molecule has 1 amide bonds. The van der Waals surface area contributed by atoms with E-state index in [-0.39, 0.29) is 5.91 Å². The maximum absolute atomic E-state index is 12.1. The number of pyridine rings is 1. The van der Waals surface area contributed by atoms with Gasteiger partial charge >= 0.3 is 0 Å². The molecule has 0 unspecified atom stereocenters. The van der Waals surface area contributed by atoms with Crippen LogP contribution in [-0.2, 0) is 6.54 Å². The maximum Gasteiger partial charge on any atom is 0.270 e. The van der Waals surface area contributed by atoms with E-state index in [4.69, 9.17) is 11.6 Å². The summed E-state index contributed by atoms with van der Waals surface area (Å²) >= 11 is 6.18. The molecule has 21 heavy (non-hydrogen) atoms. The van der Waals surface area contributed by atoms with Crippen LogP contribution in [0.25, 0.3) is 10.9 Å². The predicted molar refractivity (Wildman–Crippen MR) is 79.1 cm³/mol. The van der Waals surface area contributed by atoms with E-state index in [9.17, 15) is 4.79 Å². The van der Waals surface area contributed by atoms with Gasteiger partial charge in [-0.05, 0) is 12.1 Å². The van der Waals surface area contributed by atoms with Crippen LogP contribution in [-0.4, -0.2) is 32.4 Å². The molecule has 0 aliphatic heterocycles. The summed E-state index contributed by atoms with van der Waals surface area (Å²) in [6.07, 6.45) is 3.32. The molecule has 1 aromatic carbocycles. The van der Waals surface area contributed by atoms with E-state index in [0.29, 0.717) is 29.3 Å². The summed E-state index contributed by atoms with van der Waals surface area (Å²) in [5, 5.41) is 11.6. The van der Waals surface area contributed by atoms with Crippen molar-refractivity contribution in [1.82, 2.24) is 25.3 Å². The van der Waals surface area contributed by atoms with Gasteiger partial charge in [-0.25, -0.2) is 4.98 Å². The van der Waals surface area contributed by atoms with Gasteiger partial charge in [-0.1, -0.05) is 35.0 Å². The Hall–Kier alpha value is -2.47. The number of nitrogens with one attached hydrogen (secondary N) is 1. The number of halogens is 1. The minimum atomic E-state index is -0.261. The molecule has 0 bridgehead atoms. The summed E-state index contributed by atoms with van der Waals surface area (Å²) in [6.45, 7) is 0.987. The Kier molecular flexibility index (Phi) is 3.79. The molecule has 0 aliphatic rings. The lowest BCUT2D eigenvalue weighted by molar-refractivity contribution is 0.0947. The van der Waals surface area contributed by atoms with E-state index in [1.165, 1.54) is 0 Å². The number of hydrogen-bond acceptors (Lipinski definition) is 4. The number of fused-ring (bicyclic) bond motifs is 1. The van der Waals surface area contributed by atoms with Gasteiger partial charge in [0.1, 0.15) is 5.69 Å². The molecule has 0 fully saturated rings. The van der Waals surface area contributed by atoms with Crippen LogP contribution in [0.5, 0.6) is 0 Å². The molecule has 3 rings (SSSR count). The van der Waals surface area contributed by atoms with Gasteiger partial charge in [0.15, 0.2) is 0 Å². The largest absolute Gasteiger partial charge is 0.349 e. The van der Waals surface area contributed by atoms with E-state index in [1.54, 1.807) is 23.1 Å². The highest BCUT2D eigenvalue weighted by Gasteiger charge is 2.10. The van der Waals surface area contributed by atoms with Gasteiger partial charge in [-0.15, -0.1) is 5.10 Å². The van der Waals surface area contributed by atoms with E-state index in [0.717, 1.165) is 5.39 Å². The summed E-state index contributed by atoms with van der Waals surface area (Å²) in [5.74, 6) is -0.261. The fraction of sp³-hybridized carbons (Fsp3) is 0.143. The molecule has 1 N–H and O–H groups in total. The van der Waals surface area contributed by atoms with Crippen LogP contribution in [0, 0.1) is 0 Å². The van der Waals surface area contributed by atoms with E-state index in [2.05, 4.69) is 20.6 Å². The predicted octanol–water partition coefficient (Wildman–Crippen LogP) is 1.91. The monoisotopic (exact) mass is 301 g/mol. The van der Waals surface area contributed by atoms with Crippen molar-refractivity contribution >= 4 is 28.4 Å². The average molecular weight is 302 g/mol. The Balaban J connectivity index is 1.72. The third-order valence-electron chi connectivity index (χ3n) is 3.00. The summed E-state index contributed by atoms with van der Waals surface area (Å²) in [7, 11) is 0. The maximum atomic E-state index is 12.1. The van der Waals surface area contributed by atoms with Crippen molar-refractivity contribution in [3.05, 3.63) is 53.4 Å². The lowest BCUT2D eigenvalue weighted by Gasteiger charge is -2.07. The van der Waals surface area contributed by atoms with E-state index in [1.807, 2.05) is 24.3 Å². The van der Waals surface area contributed by atoms with Crippen LogP contribution in [0.3, 0.4) is 0 Å². The second kappa shape index (κ2) is 5.88.